The molecule has 0 saturated heterocycles. The first-order valence-electron chi connectivity index (χ1n) is 9.55. The minimum Gasteiger partial charge on any atom is -0.480 e. The first kappa shape index (κ1) is 21.8. The van der Waals surface area contributed by atoms with Crippen molar-refractivity contribution < 1.29 is 9.90 Å². The van der Waals surface area contributed by atoms with Crippen LogP contribution in [0.25, 0.3) is 0 Å². The van der Waals surface area contributed by atoms with Crippen molar-refractivity contribution in [3.63, 3.8) is 0 Å². The van der Waals surface area contributed by atoms with Gasteiger partial charge in [-0.05, 0) is 6.42 Å². The van der Waals surface area contributed by atoms with E-state index in [1.807, 2.05) is 0 Å². The zero-order valence-corrected chi connectivity index (χ0v) is 15.4. The molecule has 0 aromatic rings. The minimum atomic E-state index is -0.882. The van der Waals surface area contributed by atoms with Crippen molar-refractivity contribution in [1.29, 1.82) is 0 Å². The summed E-state index contributed by atoms with van der Waals surface area (Å²) in [6, 6.07) is 0. The first-order chi connectivity index (χ1) is 10.7. The van der Waals surface area contributed by atoms with Gasteiger partial charge in [0.05, 0.1) is 0 Å². The summed E-state index contributed by atoms with van der Waals surface area (Å²) < 4.78 is 0. The van der Waals surface area contributed by atoms with Crippen LogP contribution in [0.1, 0.15) is 110 Å². The van der Waals surface area contributed by atoms with Crippen LogP contribution < -0.4 is 0 Å². The fraction of sp³-hybridized carbons (Fsp3) is 0.947. The van der Waals surface area contributed by atoms with Gasteiger partial charge in [-0.2, -0.15) is 0 Å². The maximum atomic E-state index is 10.5. The summed E-state index contributed by atoms with van der Waals surface area (Å²) in [5.74, 6) is -0.882. The van der Waals surface area contributed by atoms with Crippen LogP contribution in [0.15, 0.2) is 0 Å². The highest BCUT2D eigenvalue weighted by molar-refractivity contribution is 6.29. The molecule has 0 bridgehead atoms. The van der Waals surface area contributed by atoms with Gasteiger partial charge in [0.1, 0.15) is 5.38 Å². The minimum absolute atomic E-state index is 0.606. The molecule has 0 amide bonds. The molecule has 2 nitrogen and oxygen atoms in total. The van der Waals surface area contributed by atoms with Crippen LogP contribution in [0.2, 0.25) is 0 Å². The summed E-state index contributed by atoms with van der Waals surface area (Å²) in [6.07, 6.45) is 20.5. The topological polar surface area (TPSA) is 37.3 Å². The van der Waals surface area contributed by atoms with Crippen LogP contribution in [-0.2, 0) is 4.79 Å². The van der Waals surface area contributed by atoms with E-state index in [2.05, 4.69) is 6.92 Å². The fourth-order valence-electron chi connectivity index (χ4n) is 2.82. The van der Waals surface area contributed by atoms with Gasteiger partial charge in [-0.15, -0.1) is 11.6 Å². The molecule has 0 aromatic heterocycles. The Hall–Kier alpha value is -0.240. The van der Waals surface area contributed by atoms with E-state index in [1.54, 1.807) is 0 Å². The molecule has 1 unspecified atom stereocenters. The third-order valence-corrected chi connectivity index (χ3v) is 4.73. The highest BCUT2D eigenvalue weighted by atomic mass is 35.5. The average Bonchev–Trinajstić information content (AvgIpc) is 2.50. The molecule has 0 fully saturated rings. The van der Waals surface area contributed by atoms with E-state index in [-0.39, 0.29) is 0 Å². The van der Waals surface area contributed by atoms with Crippen molar-refractivity contribution in [2.75, 3.05) is 0 Å². The fourth-order valence-corrected chi connectivity index (χ4v) is 2.97. The summed E-state index contributed by atoms with van der Waals surface area (Å²) in [4.78, 5) is 10.5. The predicted molar refractivity (Wildman–Crippen MR) is 96.8 cm³/mol. The van der Waals surface area contributed by atoms with E-state index in [0.29, 0.717) is 6.42 Å². The zero-order valence-electron chi connectivity index (χ0n) is 14.6. The molecule has 1 atom stereocenters. The predicted octanol–water partition coefficient (Wildman–Crippen LogP) is 6.94. The first-order valence-corrected chi connectivity index (χ1v) is 9.99. The Morgan fingerprint density at radius 1 is 0.727 bits per heavy atom. The molecule has 0 aliphatic rings. The lowest BCUT2D eigenvalue weighted by Crippen LogP contribution is -2.12. The number of halogens is 1. The highest BCUT2D eigenvalue weighted by Crippen LogP contribution is 2.15. The van der Waals surface area contributed by atoms with Gasteiger partial charge in [-0.1, -0.05) is 103 Å². The monoisotopic (exact) mass is 332 g/mol. The number of carboxylic acid groups (broad SMARTS) is 1. The molecule has 22 heavy (non-hydrogen) atoms. The standard InChI is InChI=1S/C19H37ClO2/c1-2-3-4-5-6-7-8-9-10-11-12-13-14-15-16-17-18(20)19(21)22/h18H,2-17H2,1H3,(H,21,22). The van der Waals surface area contributed by atoms with Gasteiger partial charge in [0.25, 0.3) is 0 Å². The molecule has 0 radical (unpaired) electrons. The van der Waals surface area contributed by atoms with Crippen LogP contribution in [0.5, 0.6) is 0 Å². The number of carbonyl (C=O) groups is 1. The van der Waals surface area contributed by atoms with Gasteiger partial charge in [-0.25, -0.2) is 0 Å². The Balaban J connectivity index is 3.04. The highest BCUT2D eigenvalue weighted by Gasteiger charge is 2.11. The number of unbranched alkanes of at least 4 members (excludes halogenated alkanes) is 14. The van der Waals surface area contributed by atoms with Gasteiger partial charge in [-0.3, -0.25) is 4.79 Å². The molecule has 0 saturated carbocycles. The van der Waals surface area contributed by atoms with Crippen LogP contribution in [0, 0.1) is 0 Å². The van der Waals surface area contributed by atoms with Gasteiger partial charge >= 0.3 is 5.97 Å². The zero-order chi connectivity index (χ0) is 16.5. The largest absolute Gasteiger partial charge is 0.480 e. The molecule has 0 aliphatic heterocycles. The average molecular weight is 333 g/mol. The third-order valence-electron chi connectivity index (χ3n) is 4.33. The number of hydrogen-bond donors (Lipinski definition) is 1. The van der Waals surface area contributed by atoms with Crippen LogP contribution in [0.3, 0.4) is 0 Å². The van der Waals surface area contributed by atoms with E-state index in [1.165, 1.54) is 83.5 Å². The van der Waals surface area contributed by atoms with E-state index >= 15 is 0 Å². The van der Waals surface area contributed by atoms with Crippen molar-refractivity contribution in [2.45, 2.75) is 115 Å². The van der Waals surface area contributed by atoms with Gasteiger partial charge < -0.3 is 5.11 Å². The Labute approximate surface area is 143 Å². The second kappa shape index (κ2) is 17.1. The number of hydrogen-bond acceptors (Lipinski definition) is 1. The van der Waals surface area contributed by atoms with Crippen molar-refractivity contribution in [1.82, 2.24) is 0 Å². The van der Waals surface area contributed by atoms with Crippen molar-refractivity contribution in [3.8, 4) is 0 Å². The Bertz CT molecular complexity index is 244. The van der Waals surface area contributed by atoms with Gasteiger partial charge in [0.15, 0.2) is 0 Å². The quantitative estimate of drug-likeness (QED) is 0.231. The molecule has 3 heteroatoms. The second-order valence-corrected chi connectivity index (χ2v) is 7.07. The lowest BCUT2D eigenvalue weighted by Gasteiger charge is -2.04. The van der Waals surface area contributed by atoms with Crippen molar-refractivity contribution in [2.24, 2.45) is 0 Å². The SMILES string of the molecule is CCCCCCCCCCCCCCCCCC(Cl)C(=O)O. The lowest BCUT2D eigenvalue weighted by atomic mass is 10.0. The Morgan fingerprint density at radius 2 is 1.05 bits per heavy atom. The molecule has 1 N–H and O–H groups in total. The molecular weight excluding hydrogens is 296 g/mol. The van der Waals surface area contributed by atoms with Crippen molar-refractivity contribution >= 4 is 17.6 Å². The smallest absolute Gasteiger partial charge is 0.321 e. The van der Waals surface area contributed by atoms with Crippen LogP contribution in [-0.4, -0.2) is 16.5 Å². The van der Waals surface area contributed by atoms with Crippen molar-refractivity contribution in [3.05, 3.63) is 0 Å². The maximum absolute atomic E-state index is 10.5. The molecule has 0 rings (SSSR count). The number of aliphatic carboxylic acids is 1. The van der Waals surface area contributed by atoms with E-state index in [4.69, 9.17) is 16.7 Å². The van der Waals surface area contributed by atoms with Gasteiger partial charge in [0, 0.05) is 0 Å². The number of carboxylic acids is 1. The maximum Gasteiger partial charge on any atom is 0.321 e. The van der Waals surface area contributed by atoms with Gasteiger partial charge in [0.2, 0.25) is 0 Å². The summed E-state index contributed by atoms with van der Waals surface area (Å²) in [5.41, 5.74) is 0. The summed E-state index contributed by atoms with van der Waals surface area (Å²) in [6.45, 7) is 2.27. The number of alkyl halides is 1. The summed E-state index contributed by atoms with van der Waals surface area (Å²) >= 11 is 5.67. The van der Waals surface area contributed by atoms with Crippen LogP contribution in [0.4, 0.5) is 0 Å². The molecular formula is C19H37ClO2. The number of rotatable bonds is 17. The molecule has 0 aliphatic carbocycles. The Kier molecular flexibility index (Phi) is 16.9. The Morgan fingerprint density at radius 3 is 1.36 bits per heavy atom. The molecule has 0 aromatic carbocycles. The molecule has 0 heterocycles. The normalized spacial score (nSPS) is 12.5. The lowest BCUT2D eigenvalue weighted by molar-refractivity contribution is -0.136. The summed E-state index contributed by atoms with van der Waals surface area (Å²) in [5, 5.41) is 7.97. The summed E-state index contributed by atoms with van der Waals surface area (Å²) in [7, 11) is 0. The second-order valence-electron chi connectivity index (χ2n) is 6.54. The van der Waals surface area contributed by atoms with E-state index < -0.39 is 11.3 Å². The van der Waals surface area contributed by atoms with Crippen LogP contribution >= 0.6 is 11.6 Å². The third kappa shape index (κ3) is 16.1. The molecule has 0 spiro atoms. The van der Waals surface area contributed by atoms with E-state index in [9.17, 15) is 4.79 Å². The van der Waals surface area contributed by atoms with E-state index in [0.717, 1.165) is 12.8 Å². The molecule has 132 valence electrons.